The molecule has 0 saturated carbocycles. The second-order valence-electron chi connectivity index (χ2n) is 6.79. The van der Waals surface area contributed by atoms with Crippen molar-refractivity contribution in [2.75, 3.05) is 17.7 Å². The van der Waals surface area contributed by atoms with Crippen molar-refractivity contribution in [3.63, 3.8) is 0 Å². The van der Waals surface area contributed by atoms with Gasteiger partial charge in [0.05, 0.1) is 31.1 Å². The Balaban J connectivity index is 1.44. The number of benzene rings is 1. The van der Waals surface area contributed by atoms with Gasteiger partial charge in [0.1, 0.15) is 5.00 Å². The summed E-state index contributed by atoms with van der Waals surface area (Å²) in [6.07, 6.45) is 6.43. The fourth-order valence-electron chi connectivity index (χ4n) is 3.41. The van der Waals surface area contributed by atoms with Gasteiger partial charge >= 0.3 is 5.97 Å². The van der Waals surface area contributed by atoms with Crippen molar-refractivity contribution in [1.82, 2.24) is 9.78 Å². The smallest absolute Gasteiger partial charge is 0.341 e. The fraction of sp³-hybridized carbons (Fsp3) is 0.250. The van der Waals surface area contributed by atoms with Crippen molar-refractivity contribution in [3.05, 3.63) is 62.2 Å². The molecule has 0 bridgehead atoms. The molecular formula is C20H18Cl2N4O2S2. The summed E-state index contributed by atoms with van der Waals surface area (Å²) < 4.78 is 6.72. The van der Waals surface area contributed by atoms with E-state index >= 15 is 0 Å². The number of nitrogens with zero attached hydrogens (tertiary/aromatic N) is 2. The standard InChI is InChI=1S/C20H18Cl2N4O2S2/c1-28-19(27)17-14-3-2-4-16(14)30-18(17)25-20(29)24-13-8-23-26(10-13)9-11-5-6-12(21)7-15(11)22/h5-8,10H,2-4,9H2,1H3,(H2,24,25,29). The molecular weight excluding hydrogens is 463 g/mol. The van der Waals surface area contributed by atoms with Gasteiger partial charge in [-0.25, -0.2) is 4.79 Å². The number of nitrogens with one attached hydrogen (secondary N) is 2. The molecule has 3 aromatic rings. The first-order valence-electron chi connectivity index (χ1n) is 9.22. The number of thiophene rings is 1. The third-order valence-electron chi connectivity index (χ3n) is 4.78. The Kier molecular flexibility index (Phi) is 6.29. The van der Waals surface area contributed by atoms with E-state index in [1.54, 1.807) is 34.3 Å². The first kappa shape index (κ1) is 21.1. The first-order chi connectivity index (χ1) is 14.4. The van der Waals surface area contributed by atoms with Crippen LogP contribution in [0.25, 0.3) is 0 Å². The van der Waals surface area contributed by atoms with E-state index in [0.29, 0.717) is 32.3 Å². The number of rotatable bonds is 5. The van der Waals surface area contributed by atoms with Gasteiger partial charge in [-0.3, -0.25) is 4.68 Å². The molecule has 10 heteroatoms. The molecule has 30 heavy (non-hydrogen) atoms. The minimum Gasteiger partial charge on any atom is -0.465 e. The van der Waals surface area contributed by atoms with E-state index in [2.05, 4.69) is 15.7 Å². The van der Waals surface area contributed by atoms with Gasteiger partial charge in [-0.15, -0.1) is 11.3 Å². The van der Waals surface area contributed by atoms with Gasteiger partial charge in [0.25, 0.3) is 0 Å². The maximum atomic E-state index is 12.3. The molecule has 0 spiro atoms. The molecule has 0 unspecified atom stereocenters. The molecule has 0 radical (unpaired) electrons. The lowest BCUT2D eigenvalue weighted by molar-refractivity contribution is 0.0601. The molecule has 1 aromatic carbocycles. The summed E-state index contributed by atoms with van der Waals surface area (Å²) in [6, 6.07) is 5.37. The molecule has 0 fully saturated rings. The monoisotopic (exact) mass is 480 g/mol. The minimum absolute atomic E-state index is 0.340. The molecule has 4 rings (SSSR count). The molecule has 1 aliphatic carbocycles. The summed E-state index contributed by atoms with van der Waals surface area (Å²) in [4.78, 5) is 13.5. The maximum absolute atomic E-state index is 12.3. The normalized spacial score (nSPS) is 12.5. The minimum atomic E-state index is -0.340. The number of fused-ring (bicyclic) bond motifs is 1. The van der Waals surface area contributed by atoms with Crippen molar-refractivity contribution in [3.8, 4) is 0 Å². The van der Waals surface area contributed by atoms with Gasteiger partial charge in [-0.1, -0.05) is 29.3 Å². The van der Waals surface area contributed by atoms with Crippen molar-refractivity contribution < 1.29 is 9.53 Å². The molecule has 0 saturated heterocycles. The highest BCUT2D eigenvalue weighted by Crippen LogP contribution is 2.39. The average molecular weight is 481 g/mol. The van der Waals surface area contributed by atoms with Crippen molar-refractivity contribution >= 4 is 68.5 Å². The lowest BCUT2D eigenvalue weighted by Gasteiger charge is -2.10. The predicted octanol–water partition coefficient (Wildman–Crippen LogP) is 5.38. The fourth-order valence-corrected chi connectivity index (χ4v) is 5.45. The van der Waals surface area contributed by atoms with Crippen LogP contribution in [-0.2, 0) is 24.1 Å². The van der Waals surface area contributed by atoms with Crippen LogP contribution in [0.15, 0.2) is 30.6 Å². The quantitative estimate of drug-likeness (QED) is 0.377. The van der Waals surface area contributed by atoms with Crippen LogP contribution in [-0.4, -0.2) is 28.0 Å². The van der Waals surface area contributed by atoms with Crippen LogP contribution in [0.4, 0.5) is 10.7 Å². The van der Waals surface area contributed by atoms with E-state index < -0.39 is 0 Å². The number of methoxy groups -OCH3 is 1. The van der Waals surface area contributed by atoms with E-state index in [1.807, 2.05) is 12.3 Å². The van der Waals surface area contributed by atoms with Gasteiger partial charge in [0.15, 0.2) is 5.11 Å². The van der Waals surface area contributed by atoms with E-state index in [4.69, 9.17) is 40.2 Å². The van der Waals surface area contributed by atoms with E-state index in [0.717, 1.165) is 36.1 Å². The highest BCUT2D eigenvalue weighted by molar-refractivity contribution is 7.80. The molecule has 6 nitrogen and oxygen atoms in total. The summed E-state index contributed by atoms with van der Waals surface area (Å²) in [7, 11) is 1.39. The second kappa shape index (κ2) is 8.93. The topological polar surface area (TPSA) is 68.2 Å². The van der Waals surface area contributed by atoms with Crippen LogP contribution in [0, 0.1) is 0 Å². The molecule has 0 aliphatic heterocycles. The lowest BCUT2D eigenvalue weighted by Crippen LogP contribution is -2.20. The Hall–Kier alpha value is -2.13. The lowest BCUT2D eigenvalue weighted by atomic mass is 10.1. The number of aromatic nitrogens is 2. The number of hydrogen-bond donors (Lipinski definition) is 2. The zero-order chi connectivity index (χ0) is 21.3. The molecule has 0 atom stereocenters. The van der Waals surface area contributed by atoms with E-state index in [9.17, 15) is 4.79 Å². The first-order valence-corrected chi connectivity index (χ1v) is 11.2. The van der Waals surface area contributed by atoms with Crippen LogP contribution in [0.2, 0.25) is 10.0 Å². The Labute approximate surface area is 193 Å². The Morgan fingerprint density at radius 2 is 2.17 bits per heavy atom. The zero-order valence-electron chi connectivity index (χ0n) is 16.0. The number of aryl methyl sites for hydroxylation is 1. The SMILES string of the molecule is COC(=O)c1c(NC(=S)Nc2cnn(Cc3ccc(Cl)cc3Cl)c2)sc2c1CCC2. The maximum Gasteiger partial charge on any atom is 0.341 e. The third kappa shape index (κ3) is 4.46. The van der Waals surface area contributed by atoms with Crippen molar-refractivity contribution in [2.45, 2.75) is 25.8 Å². The number of esters is 1. The number of carbonyl (C=O) groups excluding carboxylic acids is 1. The summed E-state index contributed by atoms with van der Waals surface area (Å²) in [5, 5.41) is 12.9. The largest absolute Gasteiger partial charge is 0.465 e. The molecule has 1 aliphatic rings. The zero-order valence-corrected chi connectivity index (χ0v) is 19.1. The highest BCUT2D eigenvalue weighted by Gasteiger charge is 2.27. The van der Waals surface area contributed by atoms with Gasteiger partial charge < -0.3 is 15.4 Å². The number of anilines is 2. The molecule has 2 N–H and O–H groups in total. The Bertz CT molecular complexity index is 1130. The van der Waals surface area contributed by atoms with Gasteiger partial charge in [0, 0.05) is 21.1 Å². The van der Waals surface area contributed by atoms with Crippen molar-refractivity contribution in [2.24, 2.45) is 0 Å². The summed E-state index contributed by atoms with van der Waals surface area (Å²) in [6.45, 7) is 0.502. The van der Waals surface area contributed by atoms with Gasteiger partial charge in [-0.2, -0.15) is 5.10 Å². The Morgan fingerprint density at radius 3 is 2.93 bits per heavy atom. The van der Waals surface area contributed by atoms with E-state index in [-0.39, 0.29) is 5.97 Å². The molecule has 0 amide bonds. The number of hydrogen-bond acceptors (Lipinski definition) is 5. The molecule has 156 valence electrons. The van der Waals surface area contributed by atoms with Crippen LogP contribution in [0.5, 0.6) is 0 Å². The molecule has 2 aromatic heterocycles. The van der Waals surface area contributed by atoms with Crippen LogP contribution >= 0.6 is 46.8 Å². The average Bonchev–Trinajstić information content (AvgIpc) is 3.40. The van der Waals surface area contributed by atoms with Crippen LogP contribution in [0.1, 0.15) is 32.8 Å². The third-order valence-corrected chi connectivity index (χ3v) is 6.77. The van der Waals surface area contributed by atoms with Crippen LogP contribution in [0.3, 0.4) is 0 Å². The summed E-state index contributed by atoms with van der Waals surface area (Å²) >= 11 is 19.2. The summed E-state index contributed by atoms with van der Waals surface area (Å²) in [5.74, 6) is -0.340. The highest BCUT2D eigenvalue weighted by atomic mass is 35.5. The number of halogens is 2. The van der Waals surface area contributed by atoms with E-state index in [1.165, 1.54) is 12.0 Å². The Morgan fingerprint density at radius 1 is 1.33 bits per heavy atom. The number of ether oxygens (including phenoxy) is 1. The number of carbonyl (C=O) groups is 1. The predicted molar refractivity (Wildman–Crippen MR) is 125 cm³/mol. The second-order valence-corrected chi connectivity index (χ2v) is 9.15. The van der Waals surface area contributed by atoms with Crippen LogP contribution < -0.4 is 10.6 Å². The molecule has 2 heterocycles. The summed E-state index contributed by atoms with van der Waals surface area (Å²) in [5.41, 5.74) is 3.30. The van der Waals surface area contributed by atoms with Gasteiger partial charge in [0.2, 0.25) is 0 Å². The number of thiocarbonyl (C=S) groups is 1. The van der Waals surface area contributed by atoms with Gasteiger partial charge in [-0.05, 0) is 54.7 Å². The van der Waals surface area contributed by atoms with Crippen molar-refractivity contribution in [1.29, 1.82) is 0 Å².